The van der Waals surface area contributed by atoms with Crippen LogP contribution in [0.15, 0.2) is 65.3 Å². The quantitative estimate of drug-likeness (QED) is 0.479. The maximum atomic E-state index is 12.2. The van der Waals surface area contributed by atoms with Crippen molar-refractivity contribution >= 4 is 28.4 Å². The number of amides is 2. The average molecular weight is 375 g/mol. The zero-order valence-corrected chi connectivity index (χ0v) is 14.8. The van der Waals surface area contributed by atoms with E-state index in [2.05, 4.69) is 25.8 Å². The molecule has 0 bridgehead atoms. The summed E-state index contributed by atoms with van der Waals surface area (Å²) in [7, 11) is 0. The average Bonchev–Trinajstić information content (AvgIpc) is 3.36. The van der Waals surface area contributed by atoms with Gasteiger partial charge in [0.25, 0.3) is 0 Å². The number of nitrogens with zero attached hydrogens (tertiary/aromatic N) is 2. The fourth-order valence-electron chi connectivity index (χ4n) is 2.75. The molecule has 0 saturated carbocycles. The molecule has 4 rings (SSSR count). The molecule has 140 valence electrons. The van der Waals surface area contributed by atoms with Crippen LogP contribution in [0.5, 0.6) is 0 Å². The number of anilines is 1. The molecule has 0 saturated heterocycles. The fraction of sp³-hybridized carbons (Fsp3) is 0.100. The predicted octanol–water partition coefficient (Wildman–Crippen LogP) is 2.66. The first-order chi connectivity index (χ1) is 13.7. The van der Waals surface area contributed by atoms with E-state index in [-0.39, 0.29) is 24.0 Å². The number of carbonyl (C=O) groups excluding carboxylic acids is 2. The topological polar surface area (TPSA) is 113 Å². The van der Waals surface area contributed by atoms with E-state index in [1.54, 1.807) is 0 Å². The van der Waals surface area contributed by atoms with Gasteiger partial charge in [0.05, 0.1) is 6.42 Å². The summed E-state index contributed by atoms with van der Waals surface area (Å²) in [6.45, 7) is 0.346. The smallest absolute Gasteiger partial charge is 0.315 e. The molecule has 2 heterocycles. The molecule has 0 aliphatic carbocycles. The predicted molar refractivity (Wildman–Crippen MR) is 103 cm³/mol. The van der Waals surface area contributed by atoms with Crippen LogP contribution in [-0.2, 0) is 17.8 Å². The van der Waals surface area contributed by atoms with Crippen molar-refractivity contribution in [2.24, 2.45) is 0 Å². The maximum Gasteiger partial charge on any atom is 0.315 e. The Balaban J connectivity index is 1.33. The van der Waals surface area contributed by atoms with Crippen LogP contribution in [0.4, 0.5) is 5.69 Å². The number of benzene rings is 2. The summed E-state index contributed by atoms with van der Waals surface area (Å²) in [4.78, 5) is 31.4. The van der Waals surface area contributed by atoms with Crippen LogP contribution in [-0.4, -0.2) is 26.9 Å². The van der Waals surface area contributed by atoms with Gasteiger partial charge in [-0.1, -0.05) is 41.6 Å². The summed E-state index contributed by atoms with van der Waals surface area (Å²) in [5.41, 5.74) is 2.54. The number of fused-ring (bicyclic) bond motifs is 1. The third-order valence-electron chi connectivity index (χ3n) is 4.12. The highest BCUT2D eigenvalue weighted by atomic mass is 16.5. The monoisotopic (exact) mass is 375 g/mol. The van der Waals surface area contributed by atoms with Crippen LogP contribution in [0.1, 0.15) is 22.1 Å². The van der Waals surface area contributed by atoms with Gasteiger partial charge < -0.3 is 20.1 Å². The van der Waals surface area contributed by atoms with Gasteiger partial charge >= 0.3 is 11.8 Å². The van der Waals surface area contributed by atoms with Crippen molar-refractivity contribution in [2.75, 3.05) is 5.32 Å². The van der Waals surface area contributed by atoms with E-state index in [1.807, 2.05) is 60.8 Å². The highest BCUT2D eigenvalue weighted by molar-refractivity contribution is 5.94. The van der Waals surface area contributed by atoms with Crippen LogP contribution in [0.3, 0.4) is 0 Å². The summed E-state index contributed by atoms with van der Waals surface area (Å²) >= 11 is 0. The summed E-state index contributed by atoms with van der Waals surface area (Å²) in [6, 6.07) is 17.0. The zero-order chi connectivity index (χ0) is 19.3. The largest absolute Gasteiger partial charge is 0.361 e. The van der Waals surface area contributed by atoms with Gasteiger partial charge in [-0.15, -0.1) is 0 Å². The third-order valence-corrected chi connectivity index (χ3v) is 4.12. The first kappa shape index (κ1) is 17.5. The number of hydrogen-bond donors (Lipinski definition) is 3. The van der Waals surface area contributed by atoms with Gasteiger partial charge in [0, 0.05) is 23.9 Å². The van der Waals surface area contributed by atoms with Gasteiger partial charge in [-0.05, 0) is 29.1 Å². The maximum absolute atomic E-state index is 12.2. The molecule has 8 heteroatoms. The van der Waals surface area contributed by atoms with Crippen LogP contribution in [0, 0.1) is 0 Å². The summed E-state index contributed by atoms with van der Waals surface area (Å²) < 4.78 is 4.96. The molecule has 0 unspecified atom stereocenters. The van der Waals surface area contributed by atoms with Gasteiger partial charge in [0.15, 0.2) is 5.82 Å². The Bertz CT molecular complexity index is 1120. The molecule has 4 aromatic rings. The second kappa shape index (κ2) is 7.75. The Morgan fingerprint density at radius 1 is 1.07 bits per heavy atom. The Hall–Kier alpha value is -3.94. The summed E-state index contributed by atoms with van der Waals surface area (Å²) in [5.74, 6) is -0.821. The van der Waals surface area contributed by atoms with Crippen LogP contribution in [0.25, 0.3) is 10.9 Å². The van der Waals surface area contributed by atoms with Crippen molar-refractivity contribution in [1.82, 2.24) is 20.4 Å². The van der Waals surface area contributed by atoms with E-state index in [4.69, 9.17) is 4.52 Å². The fourth-order valence-corrected chi connectivity index (χ4v) is 2.75. The third kappa shape index (κ3) is 4.07. The molecule has 0 aliphatic heterocycles. The molecular formula is C20H17N5O3. The number of carbonyl (C=O) groups is 2. The molecule has 0 radical (unpaired) electrons. The second-order valence-corrected chi connectivity index (χ2v) is 6.19. The normalized spacial score (nSPS) is 10.7. The van der Waals surface area contributed by atoms with E-state index in [0.29, 0.717) is 12.2 Å². The van der Waals surface area contributed by atoms with Crippen molar-refractivity contribution in [3.05, 3.63) is 78.1 Å². The van der Waals surface area contributed by atoms with Gasteiger partial charge in [-0.2, -0.15) is 4.98 Å². The number of H-pyrrole nitrogens is 1. The molecule has 0 fully saturated rings. The Kier molecular flexibility index (Phi) is 4.83. The van der Waals surface area contributed by atoms with Gasteiger partial charge in [0.2, 0.25) is 5.91 Å². The Morgan fingerprint density at radius 3 is 2.79 bits per heavy atom. The van der Waals surface area contributed by atoms with Crippen LogP contribution < -0.4 is 10.6 Å². The minimum atomic E-state index is -0.486. The number of aromatic amines is 1. The van der Waals surface area contributed by atoms with Crippen molar-refractivity contribution in [3.63, 3.8) is 0 Å². The number of rotatable bonds is 6. The van der Waals surface area contributed by atoms with Gasteiger partial charge in [0.1, 0.15) is 0 Å². The number of nitrogens with one attached hydrogen (secondary N) is 3. The van der Waals surface area contributed by atoms with Gasteiger partial charge in [-0.3, -0.25) is 9.59 Å². The van der Waals surface area contributed by atoms with E-state index < -0.39 is 5.91 Å². The van der Waals surface area contributed by atoms with Crippen LogP contribution in [0.2, 0.25) is 0 Å². The number of hydrogen-bond acceptors (Lipinski definition) is 5. The minimum absolute atomic E-state index is 0.0990. The molecule has 2 aromatic heterocycles. The molecule has 0 spiro atoms. The van der Waals surface area contributed by atoms with E-state index in [9.17, 15) is 9.59 Å². The Morgan fingerprint density at radius 2 is 1.93 bits per heavy atom. The van der Waals surface area contributed by atoms with Crippen molar-refractivity contribution in [3.8, 4) is 0 Å². The SMILES string of the molecule is O=C(Cc1noc(C(=O)NCc2ccccc2)n1)Nc1ccc2cc[nH]c2c1. The van der Waals surface area contributed by atoms with E-state index >= 15 is 0 Å². The van der Waals surface area contributed by atoms with Crippen LogP contribution >= 0.6 is 0 Å². The zero-order valence-electron chi connectivity index (χ0n) is 14.8. The minimum Gasteiger partial charge on any atom is -0.361 e. The lowest BCUT2D eigenvalue weighted by atomic mass is 10.2. The second-order valence-electron chi connectivity index (χ2n) is 6.19. The number of aromatic nitrogens is 3. The first-order valence-electron chi connectivity index (χ1n) is 8.69. The molecule has 0 atom stereocenters. The molecule has 2 aromatic carbocycles. The lowest BCUT2D eigenvalue weighted by Crippen LogP contribution is -2.23. The Labute approximate surface area is 160 Å². The first-order valence-corrected chi connectivity index (χ1v) is 8.69. The highest BCUT2D eigenvalue weighted by Crippen LogP contribution is 2.17. The van der Waals surface area contributed by atoms with Crippen molar-refractivity contribution < 1.29 is 14.1 Å². The van der Waals surface area contributed by atoms with Crippen molar-refractivity contribution in [2.45, 2.75) is 13.0 Å². The molecule has 3 N–H and O–H groups in total. The highest BCUT2D eigenvalue weighted by Gasteiger charge is 2.17. The molecule has 2 amide bonds. The summed E-state index contributed by atoms with van der Waals surface area (Å²) in [5, 5.41) is 10.2. The lowest BCUT2D eigenvalue weighted by Gasteiger charge is -2.03. The van der Waals surface area contributed by atoms with E-state index in [1.165, 1.54) is 0 Å². The lowest BCUT2D eigenvalue weighted by molar-refractivity contribution is -0.115. The van der Waals surface area contributed by atoms with E-state index in [0.717, 1.165) is 16.5 Å². The van der Waals surface area contributed by atoms with Gasteiger partial charge in [-0.25, -0.2) is 0 Å². The standard InChI is InChI=1S/C20H17N5O3/c26-18(23-15-7-6-14-8-9-21-16(14)10-15)11-17-24-20(28-25-17)19(27)22-12-13-4-2-1-3-5-13/h1-10,21H,11-12H2,(H,22,27)(H,23,26). The molecule has 28 heavy (non-hydrogen) atoms. The molecule has 0 aliphatic rings. The molecular weight excluding hydrogens is 358 g/mol. The summed E-state index contributed by atoms with van der Waals surface area (Å²) in [6.07, 6.45) is 1.73. The van der Waals surface area contributed by atoms with Crippen molar-refractivity contribution in [1.29, 1.82) is 0 Å². The molecule has 8 nitrogen and oxygen atoms in total.